The first-order valence-corrected chi connectivity index (χ1v) is 4.84. The fourth-order valence-corrected chi connectivity index (χ4v) is 1.41. The van der Waals surface area contributed by atoms with E-state index in [2.05, 4.69) is 0 Å². The molecule has 2 nitrogen and oxygen atoms in total. The summed E-state index contributed by atoms with van der Waals surface area (Å²) in [6.45, 7) is 7.83. The van der Waals surface area contributed by atoms with Gasteiger partial charge in [0.25, 0.3) is 0 Å². The molecule has 0 aliphatic carbocycles. The molecule has 1 rings (SSSR count). The zero-order chi connectivity index (χ0) is 10.9. The Bertz CT molecular complexity index is 322. The van der Waals surface area contributed by atoms with Crippen LogP contribution in [0.5, 0.6) is 5.75 Å². The highest BCUT2D eigenvalue weighted by atomic mass is 16.3. The zero-order valence-corrected chi connectivity index (χ0v) is 9.20. The monoisotopic (exact) mass is 194 g/mol. The van der Waals surface area contributed by atoms with Gasteiger partial charge in [-0.1, -0.05) is 26.8 Å². The van der Waals surface area contributed by atoms with Crippen molar-refractivity contribution in [3.05, 3.63) is 29.3 Å². The molecule has 2 heteroatoms. The van der Waals surface area contributed by atoms with Crippen molar-refractivity contribution < 1.29 is 10.2 Å². The number of rotatable bonds is 1. The Morgan fingerprint density at radius 3 is 2.21 bits per heavy atom. The van der Waals surface area contributed by atoms with Crippen molar-refractivity contribution in [2.75, 3.05) is 0 Å². The van der Waals surface area contributed by atoms with E-state index in [1.165, 1.54) is 0 Å². The van der Waals surface area contributed by atoms with Crippen LogP contribution in [0.4, 0.5) is 0 Å². The third-order valence-corrected chi connectivity index (χ3v) is 2.31. The molecule has 1 atom stereocenters. The van der Waals surface area contributed by atoms with Crippen LogP contribution in [0.2, 0.25) is 0 Å². The molecule has 0 aromatic heterocycles. The number of phenols is 1. The van der Waals surface area contributed by atoms with Gasteiger partial charge in [0.05, 0.1) is 6.10 Å². The summed E-state index contributed by atoms with van der Waals surface area (Å²) in [5, 5.41) is 19.1. The second kappa shape index (κ2) is 3.62. The van der Waals surface area contributed by atoms with Gasteiger partial charge in [0.1, 0.15) is 5.75 Å². The molecule has 0 saturated carbocycles. The number of aliphatic hydroxyl groups excluding tert-OH is 1. The molecule has 0 heterocycles. The molecule has 0 fully saturated rings. The largest absolute Gasteiger partial charge is 0.508 e. The van der Waals surface area contributed by atoms with Crippen molar-refractivity contribution >= 4 is 0 Å². The van der Waals surface area contributed by atoms with Crippen LogP contribution in [-0.4, -0.2) is 10.2 Å². The smallest absolute Gasteiger partial charge is 0.119 e. The first kappa shape index (κ1) is 11.1. The zero-order valence-electron chi connectivity index (χ0n) is 9.20. The van der Waals surface area contributed by atoms with Gasteiger partial charge in [0.15, 0.2) is 0 Å². The van der Waals surface area contributed by atoms with E-state index in [0.717, 1.165) is 11.1 Å². The van der Waals surface area contributed by atoms with Crippen molar-refractivity contribution in [3.8, 4) is 5.75 Å². The lowest BCUT2D eigenvalue weighted by molar-refractivity contribution is 0.199. The average molecular weight is 194 g/mol. The Morgan fingerprint density at radius 2 is 1.79 bits per heavy atom. The maximum atomic E-state index is 9.67. The summed E-state index contributed by atoms with van der Waals surface area (Å²) in [5.41, 5.74) is 1.61. The minimum atomic E-state index is -0.489. The summed E-state index contributed by atoms with van der Waals surface area (Å²) in [6.07, 6.45) is -0.489. The molecule has 1 aromatic rings. The molecule has 2 N–H and O–H groups in total. The van der Waals surface area contributed by atoms with Crippen LogP contribution < -0.4 is 0 Å². The number of phenolic OH excluding ortho intramolecular Hbond substituents is 1. The highest BCUT2D eigenvalue weighted by Gasteiger charge is 2.18. The Balaban J connectivity index is 3.22. The number of hydrogen-bond donors (Lipinski definition) is 2. The van der Waals surface area contributed by atoms with Gasteiger partial charge in [-0.15, -0.1) is 0 Å². The van der Waals surface area contributed by atoms with E-state index < -0.39 is 6.10 Å². The molecule has 0 amide bonds. The predicted octanol–water partition coefficient (Wildman–Crippen LogP) is 2.74. The van der Waals surface area contributed by atoms with E-state index in [4.69, 9.17) is 0 Å². The summed E-state index contributed by atoms with van der Waals surface area (Å²) < 4.78 is 0. The first-order chi connectivity index (χ1) is 6.32. The van der Waals surface area contributed by atoms with Crippen LogP contribution in [-0.2, 0) is 5.41 Å². The minimum Gasteiger partial charge on any atom is -0.508 e. The second-order valence-corrected chi connectivity index (χ2v) is 4.70. The lowest BCUT2D eigenvalue weighted by Crippen LogP contribution is -2.12. The van der Waals surface area contributed by atoms with E-state index >= 15 is 0 Å². The molecule has 0 spiro atoms. The van der Waals surface area contributed by atoms with E-state index in [1.54, 1.807) is 19.1 Å². The summed E-state index contributed by atoms with van der Waals surface area (Å²) in [7, 11) is 0. The van der Waals surface area contributed by atoms with Gasteiger partial charge < -0.3 is 10.2 Å². The molecule has 1 aromatic carbocycles. The molecule has 14 heavy (non-hydrogen) atoms. The topological polar surface area (TPSA) is 40.5 Å². The molecule has 1 unspecified atom stereocenters. The van der Waals surface area contributed by atoms with E-state index in [0.29, 0.717) is 5.75 Å². The van der Waals surface area contributed by atoms with Crippen molar-refractivity contribution in [1.82, 2.24) is 0 Å². The Morgan fingerprint density at radius 1 is 1.21 bits per heavy atom. The third-order valence-electron chi connectivity index (χ3n) is 2.31. The lowest BCUT2D eigenvalue weighted by atomic mass is 9.85. The molecule has 0 saturated heterocycles. The number of aromatic hydroxyl groups is 1. The van der Waals surface area contributed by atoms with Crippen molar-refractivity contribution in [3.63, 3.8) is 0 Å². The van der Waals surface area contributed by atoms with Crippen LogP contribution in [0.3, 0.4) is 0 Å². The average Bonchev–Trinajstić information content (AvgIpc) is 2.02. The minimum absolute atomic E-state index is 0.102. The Hall–Kier alpha value is -1.02. The predicted molar refractivity (Wildman–Crippen MR) is 57.4 cm³/mol. The van der Waals surface area contributed by atoms with Crippen LogP contribution in [0, 0.1) is 0 Å². The molecular weight excluding hydrogens is 176 g/mol. The van der Waals surface area contributed by atoms with Crippen molar-refractivity contribution in [1.29, 1.82) is 0 Å². The molecular formula is C12H18O2. The Labute approximate surface area is 85.2 Å². The highest BCUT2D eigenvalue weighted by Crippen LogP contribution is 2.32. The standard InChI is InChI=1S/C12H18O2/c1-8(13)9-5-6-11(14)10(7-9)12(2,3)4/h5-8,13-14H,1-4H3. The molecule has 0 bridgehead atoms. The van der Waals surface area contributed by atoms with Gasteiger partial charge >= 0.3 is 0 Å². The van der Waals surface area contributed by atoms with Gasteiger partial charge in [0.2, 0.25) is 0 Å². The molecule has 0 radical (unpaired) electrons. The molecule has 0 aliphatic heterocycles. The summed E-state index contributed by atoms with van der Waals surface area (Å²) in [6, 6.07) is 5.25. The van der Waals surface area contributed by atoms with E-state index in [-0.39, 0.29) is 5.41 Å². The van der Waals surface area contributed by atoms with E-state index in [9.17, 15) is 10.2 Å². The van der Waals surface area contributed by atoms with Crippen LogP contribution in [0.1, 0.15) is 44.9 Å². The van der Waals surface area contributed by atoms with Crippen LogP contribution in [0.15, 0.2) is 18.2 Å². The van der Waals surface area contributed by atoms with Gasteiger partial charge in [-0.2, -0.15) is 0 Å². The molecule has 0 aliphatic rings. The van der Waals surface area contributed by atoms with Gasteiger partial charge in [0, 0.05) is 0 Å². The fraction of sp³-hybridized carbons (Fsp3) is 0.500. The van der Waals surface area contributed by atoms with Crippen molar-refractivity contribution in [2.24, 2.45) is 0 Å². The summed E-state index contributed by atoms with van der Waals surface area (Å²) in [4.78, 5) is 0. The Kier molecular flexibility index (Phi) is 2.86. The summed E-state index contributed by atoms with van der Waals surface area (Å²) in [5.74, 6) is 0.293. The lowest BCUT2D eigenvalue weighted by Gasteiger charge is -2.21. The SMILES string of the molecule is CC(O)c1ccc(O)c(C(C)(C)C)c1. The quantitative estimate of drug-likeness (QED) is 0.721. The van der Waals surface area contributed by atoms with Gasteiger partial charge in [-0.05, 0) is 35.6 Å². The normalized spacial score (nSPS) is 14.1. The van der Waals surface area contributed by atoms with Gasteiger partial charge in [-0.25, -0.2) is 0 Å². The maximum Gasteiger partial charge on any atom is 0.119 e. The molecule has 78 valence electrons. The first-order valence-electron chi connectivity index (χ1n) is 4.84. The van der Waals surface area contributed by atoms with Crippen LogP contribution >= 0.6 is 0 Å². The number of hydrogen-bond acceptors (Lipinski definition) is 2. The highest BCUT2D eigenvalue weighted by molar-refractivity contribution is 5.41. The second-order valence-electron chi connectivity index (χ2n) is 4.70. The van der Waals surface area contributed by atoms with E-state index in [1.807, 2.05) is 26.8 Å². The summed E-state index contributed by atoms with van der Waals surface area (Å²) >= 11 is 0. The van der Waals surface area contributed by atoms with Crippen molar-refractivity contribution in [2.45, 2.75) is 39.2 Å². The number of benzene rings is 1. The third kappa shape index (κ3) is 2.26. The maximum absolute atomic E-state index is 9.67. The van der Waals surface area contributed by atoms with Crippen LogP contribution in [0.25, 0.3) is 0 Å². The van der Waals surface area contributed by atoms with Gasteiger partial charge in [-0.3, -0.25) is 0 Å². The number of aliphatic hydroxyl groups is 1. The fourth-order valence-electron chi connectivity index (χ4n) is 1.41.